The predicted molar refractivity (Wildman–Crippen MR) is 85.4 cm³/mol. The molecular formula is C19H21NO. The number of rotatable bonds is 3. The molecule has 2 rings (SSSR count). The van der Waals surface area contributed by atoms with Gasteiger partial charge in [-0.15, -0.1) is 0 Å². The highest BCUT2D eigenvalue weighted by Gasteiger charge is 2.18. The number of hydrogen-bond donors (Lipinski definition) is 0. The summed E-state index contributed by atoms with van der Waals surface area (Å²) in [6, 6.07) is 16.0. The molecule has 2 aromatic carbocycles. The van der Waals surface area contributed by atoms with Crippen LogP contribution in [-0.2, 0) is 12.0 Å². The summed E-state index contributed by atoms with van der Waals surface area (Å²) in [5, 5.41) is 8.91. The van der Waals surface area contributed by atoms with Crippen molar-refractivity contribution in [2.45, 2.75) is 39.7 Å². The summed E-state index contributed by atoms with van der Waals surface area (Å²) in [5.74, 6) is 0.925. The van der Waals surface area contributed by atoms with Gasteiger partial charge in [0.15, 0.2) is 0 Å². The highest BCUT2D eigenvalue weighted by molar-refractivity contribution is 5.40. The molecule has 0 aliphatic rings. The lowest BCUT2D eigenvalue weighted by Gasteiger charge is -2.23. The Morgan fingerprint density at radius 3 is 2.43 bits per heavy atom. The summed E-state index contributed by atoms with van der Waals surface area (Å²) >= 11 is 0. The van der Waals surface area contributed by atoms with Crippen molar-refractivity contribution < 1.29 is 4.74 Å². The summed E-state index contributed by atoms with van der Waals surface area (Å²) in [4.78, 5) is 0. The first-order valence-electron chi connectivity index (χ1n) is 7.14. The molecule has 0 atom stereocenters. The maximum atomic E-state index is 8.91. The van der Waals surface area contributed by atoms with Crippen LogP contribution >= 0.6 is 0 Å². The third-order valence-electron chi connectivity index (χ3n) is 3.55. The molecule has 0 spiro atoms. The van der Waals surface area contributed by atoms with Gasteiger partial charge in [0, 0.05) is 0 Å². The average molecular weight is 279 g/mol. The monoisotopic (exact) mass is 279 g/mol. The SMILES string of the molecule is Cc1cc(C#N)ccc1COc1ccccc1C(C)(C)C. The van der Waals surface area contributed by atoms with Gasteiger partial charge in [0.25, 0.3) is 0 Å². The second-order valence-electron chi connectivity index (χ2n) is 6.29. The van der Waals surface area contributed by atoms with Crippen LogP contribution in [0.3, 0.4) is 0 Å². The van der Waals surface area contributed by atoms with Crippen molar-refractivity contribution in [1.29, 1.82) is 5.26 Å². The Morgan fingerprint density at radius 2 is 1.81 bits per heavy atom. The van der Waals surface area contributed by atoms with E-state index < -0.39 is 0 Å². The lowest BCUT2D eigenvalue weighted by molar-refractivity contribution is 0.297. The van der Waals surface area contributed by atoms with Crippen molar-refractivity contribution in [1.82, 2.24) is 0 Å². The van der Waals surface area contributed by atoms with E-state index in [9.17, 15) is 0 Å². The molecule has 0 amide bonds. The normalized spacial score (nSPS) is 11.0. The molecule has 2 heteroatoms. The maximum absolute atomic E-state index is 8.91. The number of ether oxygens (including phenoxy) is 1. The van der Waals surface area contributed by atoms with Gasteiger partial charge in [0.1, 0.15) is 12.4 Å². The molecule has 21 heavy (non-hydrogen) atoms. The van der Waals surface area contributed by atoms with Gasteiger partial charge in [0.05, 0.1) is 11.6 Å². The van der Waals surface area contributed by atoms with Gasteiger partial charge in [0.2, 0.25) is 0 Å². The molecule has 0 aliphatic heterocycles. The van der Waals surface area contributed by atoms with E-state index in [1.165, 1.54) is 5.56 Å². The van der Waals surface area contributed by atoms with Gasteiger partial charge in [-0.3, -0.25) is 0 Å². The largest absolute Gasteiger partial charge is 0.489 e. The molecule has 0 radical (unpaired) electrons. The van der Waals surface area contributed by atoms with E-state index in [2.05, 4.69) is 32.9 Å². The fraction of sp³-hybridized carbons (Fsp3) is 0.316. The molecule has 0 N–H and O–H groups in total. The average Bonchev–Trinajstić information content (AvgIpc) is 2.45. The topological polar surface area (TPSA) is 33.0 Å². The Balaban J connectivity index is 2.20. The van der Waals surface area contributed by atoms with Crippen LogP contribution in [-0.4, -0.2) is 0 Å². The third kappa shape index (κ3) is 3.64. The van der Waals surface area contributed by atoms with Crippen molar-refractivity contribution in [3.05, 3.63) is 64.7 Å². The van der Waals surface area contributed by atoms with Gasteiger partial charge in [-0.25, -0.2) is 0 Å². The van der Waals surface area contributed by atoms with Gasteiger partial charge in [-0.1, -0.05) is 45.0 Å². The van der Waals surface area contributed by atoms with Crippen LogP contribution < -0.4 is 4.74 Å². The smallest absolute Gasteiger partial charge is 0.123 e. The minimum absolute atomic E-state index is 0.0519. The van der Waals surface area contributed by atoms with Crippen LogP contribution in [0.1, 0.15) is 43.0 Å². The van der Waals surface area contributed by atoms with Crippen molar-refractivity contribution in [2.75, 3.05) is 0 Å². The highest BCUT2D eigenvalue weighted by Crippen LogP contribution is 2.31. The van der Waals surface area contributed by atoms with Crippen LogP contribution in [0.2, 0.25) is 0 Å². The minimum atomic E-state index is 0.0519. The molecule has 2 nitrogen and oxygen atoms in total. The predicted octanol–water partition coefficient (Wildman–Crippen LogP) is 4.74. The Morgan fingerprint density at radius 1 is 1.10 bits per heavy atom. The van der Waals surface area contributed by atoms with Crippen molar-refractivity contribution >= 4 is 0 Å². The molecule has 0 fully saturated rings. The maximum Gasteiger partial charge on any atom is 0.123 e. The second kappa shape index (κ2) is 6.01. The Labute approximate surface area is 127 Å². The van der Waals surface area contributed by atoms with Crippen molar-refractivity contribution in [3.63, 3.8) is 0 Å². The lowest BCUT2D eigenvalue weighted by atomic mass is 9.86. The zero-order chi connectivity index (χ0) is 15.5. The first kappa shape index (κ1) is 15.1. The highest BCUT2D eigenvalue weighted by atomic mass is 16.5. The molecule has 0 heterocycles. The number of nitrogens with zero attached hydrogens (tertiary/aromatic N) is 1. The van der Waals surface area contributed by atoms with Crippen LogP contribution in [0.15, 0.2) is 42.5 Å². The number of aryl methyl sites for hydroxylation is 1. The molecule has 0 unspecified atom stereocenters. The van der Waals surface area contributed by atoms with Crippen LogP contribution in [0.5, 0.6) is 5.75 Å². The Hall–Kier alpha value is -2.27. The number of para-hydroxylation sites is 1. The number of benzene rings is 2. The number of hydrogen-bond acceptors (Lipinski definition) is 2. The fourth-order valence-corrected chi connectivity index (χ4v) is 2.29. The second-order valence-corrected chi connectivity index (χ2v) is 6.29. The van der Waals surface area contributed by atoms with E-state index in [0.717, 1.165) is 16.9 Å². The molecule has 2 aromatic rings. The van der Waals surface area contributed by atoms with E-state index in [4.69, 9.17) is 10.00 Å². The van der Waals surface area contributed by atoms with E-state index in [1.807, 2.05) is 43.3 Å². The summed E-state index contributed by atoms with van der Waals surface area (Å²) in [6.45, 7) is 9.08. The van der Waals surface area contributed by atoms with Crippen molar-refractivity contribution in [3.8, 4) is 11.8 Å². The first-order valence-corrected chi connectivity index (χ1v) is 7.14. The Bertz CT molecular complexity index is 675. The molecule has 0 aromatic heterocycles. The molecule has 0 aliphatic carbocycles. The molecular weight excluding hydrogens is 258 g/mol. The zero-order valence-electron chi connectivity index (χ0n) is 13.1. The van der Waals surface area contributed by atoms with Gasteiger partial charge in [-0.2, -0.15) is 5.26 Å². The molecule has 0 saturated heterocycles. The summed E-state index contributed by atoms with van der Waals surface area (Å²) in [7, 11) is 0. The molecule has 0 bridgehead atoms. The van der Waals surface area contributed by atoms with Gasteiger partial charge < -0.3 is 4.74 Å². The summed E-state index contributed by atoms with van der Waals surface area (Å²) in [6.07, 6.45) is 0. The van der Waals surface area contributed by atoms with Gasteiger partial charge >= 0.3 is 0 Å². The van der Waals surface area contributed by atoms with Gasteiger partial charge in [-0.05, 0) is 47.2 Å². The summed E-state index contributed by atoms with van der Waals surface area (Å²) < 4.78 is 6.02. The number of nitriles is 1. The fourth-order valence-electron chi connectivity index (χ4n) is 2.29. The third-order valence-corrected chi connectivity index (χ3v) is 3.55. The Kier molecular flexibility index (Phi) is 4.33. The van der Waals surface area contributed by atoms with Crippen LogP contribution in [0.25, 0.3) is 0 Å². The quantitative estimate of drug-likeness (QED) is 0.812. The van der Waals surface area contributed by atoms with E-state index in [0.29, 0.717) is 12.2 Å². The minimum Gasteiger partial charge on any atom is -0.489 e. The van der Waals surface area contributed by atoms with E-state index in [-0.39, 0.29) is 5.41 Å². The van der Waals surface area contributed by atoms with E-state index in [1.54, 1.807) is 0 Å². The first-order chi connectivity index (χ1) is 9.91. The van der Waals surface area contributed by atoms with Crippen LogP contribution in [0, 0.1) is 18.3 Å². The van der Waals surface area contributed by atoms with E-state index >= 15 is 0 Å². The summed E-state index contributed by atoms with van der Waals surface area (Å²) in [5.41, 5.74) is 4.14. The molecule has 108 valence electrons. The lowest BCUT2D eigenvalue weighted by Crippen LogP contribution is -2.13. The van der Waals surface area contributed by atoms with Crippen LogP contribution in [0.4, 0.5) is 0 Å². The molecule has 0 saturated carbocycles. The van der Waals surface area contributed by atoms with Crippen molar-refractivity contribution in [2.24, 2.45) is 0 Å². The standard InChI is InChI=1S/C19H21NO/c1-14-11-15(12-20)9-10-16(14)13-21-18-8-6-5-7-17(18)19(2,3)4/h5-11H,13H2,1-4H3. The zero-order valence-corrected chi connectivity index (χ0v) is 13.1.